The van der Waals surface area contributed by atoms with Gasteiger partial charge in [-0.1, -0.05) is 0 Å². The number of hydrogen-bond donors (Lipinski definition) is 2. The van der Waals surface area contributed by atoms with Crippen molar-refractivity contribution in [3.8, 4) is 0 Å². The van der Waals surface area contributed by atoms with Gasteiger partial charge in [-0.3, -0.25) is 14.5 Å². The highest BCUT2D eigenvalue weighted by Gasteiger charge is 2.16. The highest BCUT2D eigenvalue weighted by Crippen LogP contribution is 2.21. The maximum absolute atomic E-state index is 12.5. The molecule has 1 aliphatic rings. The molecule has 0 bridgehead atoms. The van der Waals surface area contributed by atoms with Crippen molar-refractivity contribution in [2.45, 2.75) is 13.5 Å². The van der Waals surface area contributed by atoms with Gasteiger partial charge in [0.1, 0.15) is 12.0 Å². The molecule has 156 valence electrons. The van der Waals surface area contributed by atoms with Crippen LogP contribution in [0.15, 0.2) is 34.9 Å². The molecule has 0 aliphatic carbocycles. The number of aryl methyl sites for hydroxylation is 1. The Morgan fingerprint density at radius 1 is 1.14 bits per heavy atom. The molecule has 0 spiro atoms. The number of rotatable bonds is 7. The normalized spacial score (nSPS) is 14.8. The van der Waals surface area contributed by atoms with Crippen molar-refractivity contribution in [1.82, 2.24) is 9.80 Å². The first-order valence-electron chi connectivity index (χ1n) is 9.65. The van der Waals surface area contributed by atoms with Gasteiger partial charge < -0.3 is 24.7 Å². The highest BCUT2D eigenvalue weighted by atomic mass is 16.5. The maximum atomic E-state index is 12.5. The van der Waals surface area contributed by atoms with E-state index in [9.17, 15) is 9.59 Å². The van der Waals surface area contributed by atoms with Crippen molar-refractivity contribution in [2.24, 2.45) is 0 Å². The van der Waals surface area contributed by atoms with E-state index in [0.717, 1.165) is 43.3 Å². The van der Waals surface area contributed by atoms with Gasteiger partial charge in [-0.2, -0.15) is 0 Å². The molecule has 2 aromatic rings. The van der Waals surface area contributed by atoms with E-state index in [1.807, 2.05) is 27.1 Å². The number of nitrogens with zero attached hydrogens (tertiary/aromatic N) is 2. The van der Waals surface area contributed by atoms with E-state index in [4.69, 9.17) is 9.15 Å². The predicted octanol–water partition coefficient (Wildman–Crippen LogP) is 2.17. The number of benzene rings is 1. The summed E-state index contributed by atoms with van der Waals surface area (Å²) in [6.07, 6.45) is 1.48. The highest BCUT2D eigenvalue weighted by molar-refractivity contribution is 6.04. The number of likely N-dealkylation sites (N-methyl/N-ethyl adjacent to an activating group) is 1. The van der Waals surface area contributed by atoms with Crippen molar-refractivity contribution in [3.63, 3.8) is 0 Å². The van der Waals surface area contributed by atoms with Crippen LogP contribution in [-0.4, -0.2) is 68.6 Å². The number of amides is 2. The molecule has 1 aromatic heterocycles. The Morgan fingerprint density at radius 3 is 2.59 bits per heavy atom. The molecule has 2 N–H and O–H groups in total. The first-order chi connectivity index (χ1) is 13.9. The van der Waals surface area contributed by atoms with Gasteiger partial charge in [0.25, 0.3) is 5.91 Å². The molecule has 2 amide bonds. The molecule has 8 heteroatoms. The van der Waals surface area contributed by atoms with Gasteiger partial charge in [0.2, 0.25) is 5.91 Å². The summed E-state index contributed by atoms with van der Waals surface area (Å²) in [7, 11) is 3.68. The summed E-state index contributed by atoms with van der Waals surface area (Å²) in [6.45, 7) is 6.03. The third-order valence-electron chi connectivity index (χ3n) is 4.62. The van der Waals surface area contributed by atoms with Gasteiger partial charge in [-0.25, -0.2) is 0 Å². The number of nitrogens with one attached hydrogen (secondary N) is 2. The molecule has 1 aliphatic heterocycles. The molecular formula is C21H28N4O4. The number of furan rings is 1. The first-order valence-corrected chi connectivity index (χ1v) is 9.65. The monoisotopic (exact) mass is 400 g/mol. The summed E-state index contributed by atoms with van der Waals surface area (Å²) in [5.41, 5.74) is 2.74. The predicted molar refractivity (Wildman–Crippen MR) is 111 cm³/mol. The van der Waals surface area contributed by atoms with Gasteiger partial charge in [0.15, 0.2) is 0 Å². The van der Waals surface area contributed by atoms with Crippen LogP contribution in [0.4, 0.5) is 11.4 Å². The third kappa shape index (κ3) is 6.15. The van der Waals surface area contributed by atoms with E-state index in [2.05, 4.69) is 15.5 Å². The Kier molecular flexibility index (Phi) is 7.03. The molecule has 29 heavy (non-hydrogen) atoms. The van der Waals surface area contributed by atoms with Crippen LogP contribution in [0, 0.1) is 6.92 Å². The smallest absolute Gasteiger partial charge is 0.258 e. The zero-order valence-electron chi connectivity index (χ0n) is 17.2. The molecule has 0 saturated carbocycles. The van der Waals surface area contributed by atoms with Crippen LogP contribution in [-0.2, 0) is 16.1 Å². The zero-order valence-corrected chi connectivity index (χ0v) is 17.2. The molecule has 2 heterocycles. The van der Waals surface area contributed by atoms with E-state index in [0.29, 0.717) is 24.3 Å². The summed E-state index contributed by atoms with van der Waals surface area (Å²) in [5.74, 6) is 0.444. The third-order valence-corrected chi connectivity index (χ3v) is 4.62. The van der Waals surface area contributed by atoms with Crippen molar-refractivity contribution >= 4 is 23.2 Å². The van der Waals surface area contributed by atoms with Gasteiger partial charge in [0.05, 0.1) is 31.9 Å². The largest absolute Gasteiger partial charge is 0.467 e. The second-order valence-corrected chi connectivity index (χ2v) is 7.46. The lowest BCUT2D eigenvalue weighted by molar-refractivity contribution is -0.116. The standard InChI is InChI=1S/C21H28N4O4/c1-15-10-17(4-5-19(15)23-20(26)13-24(2)3)22-21(27)16-11-18(29-14-16)12-25-6-8-28-9-7-25/h4-5,10-11,14H,6-9,12-13H2,1-3H3,(H,22,27)(H,23,26). The summed E-state index contributed by atoms with van der Waals surface area (Å²) in [6, 6.07) is 7.16. The van der Waals surface area contributed by atoms with Crippen molar-refractivity contribution in [1.29, 1.82) is 0 Å². The van der Waals surface area contributed by atoms with Crippen LogP contribution in [0.5, 0.6) is 0 Å². The Bertz CT molecular complexity index is 856. The molecule has 0 atom stereocenters. The fraction of sp³-hybridized carbons (Fsp3) is 0.429. The van der Waals surface area contributed by atoms with Crippen LogP contribution in [0.25, 0.3) is 0 Å². The molecule has 8 nitrogen and oxygen atoms in total. The van der Waals surface area contributed by atoms with Gasteiger partial charge in [0, 0.05) is 24.5 Å². The summed E-state index contributed by atoms with van der Waals surface area (Å²) in [5, 5.41) is 5.75. The zero-order chi connectivity index (χ0) is 20.8. The average Bonchev–Trinajstić information content (AvgIpc) is 3.13. The first kappa shape index (κ1) is 21.0. The fourth-order valence-electron chi connectivity index (χ4n) is 3.12. The Balaban J connectivity index is 1.57. The Labute approximate surface area is 170 Å². The van der Waals surface area contributed by atoms with Crippen LogP contribution in [0.1, 0.15) is 21.7 Å². The lowest BCUT2D eigenvalue weighted by Gasteiger charge is -2.25. The number of ether oxygens (including phenoxy) is 1. The molecule has 0 unspecified atom stereocenters. The van der Waals surface area contributed by atoms with Crippen molar-refractivity contribution in [2.75, 3.05) is 57.6 Å². The summed E-state index contributed by atoms with van der Waals surface area (Å²) < 4.78 is 10.9. The van der Waals surface area contributed by atoms with Gasteiger partial charge >= 0.3 is 0 Å². The lowest BCUT2D eigenvalue weighted by Crippen LogP contribution is -2.35. The molecule has 1 saturated heterocycles. The molecule has 3 rings (SSSR count). The van der Waals surface area contributed by atoms with Crippen LogP contribution in [0.2, 0.25) is 0 Å². The summed E-state index contributed by atoms with van der Waals surface area (Å²) >= 11 is 0. The SMILES string of the molecule is Cc1cc(NC(=O)c2coc(CN3CCOCC3)c2)ccc1NC(=O)CN(C)C. The lowest BCUT2D eigenvalue weighted by atomic mass is 10.1. The molecular weight excluding hydrogens is 372 g/mol. The second-order valence-electron chi connectivity index (χ2n) is 7.46. The van der Waals surface area contributed by atoms with Gasteiger partial charge in [-0.15, -0.1) is 0 Å². The number of hydrogen-bond acceptors (Lipinski definition) is 6. The average molecular weight is 400 g/mol. The van der Waals surface area contributed by atoms with E-state index in [1.54, 1.807) is 23.1 Å². The Hall–Kier alpha value is -2.68. The van der Waals surface area contributed by atoms with Crippen molar-refractivity contribution < 1.29 is 18.7 Å². The van der Waals surface area contributed by atoms with Gasteiger partial charge in [-0.05, 0) is 50.8 Å². The molecule has 1 fully saturated rings. The van der Waals surface area contributed by atoms with Crippen LogP contribution < -0.4 is 10.6 Å². The van der Waals surface area contributed by atoms with E-state index in [-0.39, 0.29) is 11.8 Å². The quantitative estimate of drug-likeness (QED) is 0.741. The van der Waals surface area contributed by atoms with E-state index >= 15 is 0 Å². The van der Waals surface area contributed by atoms with Crippen LogP contribution in [0.3, 0.4) is 0 Å². The maximum Gasteiger partial charge on any atom is 0.258 e. The minimum Gasteiger partial charge on any atom is -0.467 e. The number of carbonyl (C=O) groups is 2. The van der Waals surface area contributed by atoms with E-state index in [1.165, 1.54) is 6.26 Å². The van der Waals surface area contributed by atoms with E-state index < -0.39 is 0 Å². The minimum absolute atomic E-state index is 0.0823. The number of anilines is 2. The second kappa shape index (κ2) is 9.69. The molecule has 1 aromatic carbocycles. The van der Waals surface area contributed by atoms with Crippen LogP contribution >= 0.6 is 0 Å². The minimum atomic E-state index is -0.231. The van der Waals surface area contributed by atoms with Crippen molar-refractivity contribution in [3.05, 3.63) is 47.4 Å². The molecule has 0 radical (unpaired) electrons. The fourth-order valence-corrected chi connectivity index (χ4v) is 3.12. The number of morpholine rings is 1. The summed E-state index contributed by atoms with van der Waals surface area (Å²) in [4.78, 5) is 28.5. The number of carbonyl (C=O) groups excluding carboxylic acids is 2. The topological polar surface area (TPSA) is 87.0 Å². The Morgan fingerprint density at radius 2 is 1.90 bits per heavy atom.